The lowest BCUT2D eigenvalue weighted by Crippen LogP contribution is -2.11. The summed E-state index contributed by atoms with van der Waals surface area (Å²) in [6, 6.07) is 21.7. The van der Waals surface area contributed by atoms with Gasteiger partial charge < -0.3 is 18.9 Å². The minimum Gasteiger partial charge on any atom is -0.494 e. The number of ether oxygens (including phenoxy) is 4. The van der Waals surface area contributed by atoms with E-state index in [0.717, 1.165) is 36.1 Å². The summed E-state index contributed by atoms with van der Waals surface area (Å²) in [7, 11) is 0. The lowest BCUT2D eigenvalue weighted by Gasteiger charge is -2.12. The van der Waals surface area contributed by atoms with Gasteiger partial charge in [0, 0.05) is 12.5 Å². The van der Waals surface area contributed by atoms with E-state index < -0.39 is 17.9 Å². The molecule has 4 rings (SSSR count). The third kappa shape index (κ3) is 9.24. The first kappa shape index (κ1) is 32.4. The van der Waals surface area contributed by atoms with Crippen LogP contribution < -0.4 is 18.9 Å². The van der Waals surface area contributed by atoms with Crippen LogP contribution in [0, 0.1) is 0 Å². The molecule has 0 aromatic heterocycles. The van der Waals surface area contributed by atoms with E-state index in [1.54, 1.807) is 78.9 Å². The summed E-state index contributed by atoms with van der Waals surface area (Å²) >= 11 is 0. The third-order valence-corrected chi connectivity index (χ3v) is 6.91. The van der Waals surface area contributed by atoms with Crippen LogP contribution in [0.2, 0.25) is 0 Å². The number of unbranched alkanes of at least 4 members (excludes halogenated alkanes) is 2. The Morgan fingerprint density at radius 3 is 2.02 bits per heavy atom. The van der Waals surface area contributed by atoms with Gasteiger partial charge in [-0.2, -0.15) is 0 Å². The highest BCUT2D eigenvalue weighted by Gasteiger charge is 2.15. The van der Waals surface area contributed by atoms with Crippen LogP contribution in [0.15, 0.2) is 104 Å². The molecule has 0 spiro atoms. The minimum absolute atomic E-state index is 0.0498. The van der Waals surface area contributed by atoms with E-state index in [9.17, 15) is 19.2 Å². The Bertz CT molecular complexity index is 1720. The number of aryl methyl sites for hydroxylation is 1. The van der Waals surface area contributed by atoms with Crippen molar-refractivity contribution in [2.75, 3.05) is 6.61 Å². The minimum atomic E-state index is -0.555. The standard InChI is InChI=1S/C37H34O8/c1-4-25-23-33(44-36(40)26-13-16-31(17-14-26)42-21-9-7-8-10-30(38)5-2)19-20-34(25)45-37(41)29-12-11-28-24-32(43-35(39)6-3)18-15-27(28)22-29/h5-6,11-20,22-24H,2-4,7-10,21H2,1H3. The second-order valence-electron chi connectivity index (χ2n) is 10.1. The molecule has 0 aliphatic heterocycles. The molecule has 0 amide bonds. The number of carbonyl (C=O) groups is 4. The summed E-state index contributed by atoms with van der Waals surface area (Å²) in [6.45, 7) is 9.28. The summed E-state index contributed by atoms with van der Waals surface area (Å²) in [5.41, 5.74) is 1.41. The van der Waals surface area contributed by atoms with Gasteiger partial charge in [-0.05, 0) is 115 Å². The number of ketones is 1. The van der Waals surface area contributed by atoms with Crippen molar-refractivity contribution in [1.29, 1.82) is 0 Å². The van der Waals surface area contributed by atoms with Crippen LogP contribution in [0.5, 0.6) is 23.0 Å². The lowest BCUT2D eigenvalue weighted by molar-refractivity contribution is -0.129. The Labute approximate surface area is 261 Å². The van der Waals surface area contributed by atoms with Gasteiger partial charge in [-0.15, -0.1) is 0 Å². The summed E-state index contributed by atoms with van der Waals surface area (Å²) in [5.74, 6) is 0.128. The summed E-state index contributed by atoms with van der Waals surface area (Å²) in [5, 5.41) is 1.56. The van der Waals surface area contributed by atoms with Crippen molar-refractivity contribution in [3.63, 3.8) is 0 Å². The van der Waals surface area contributed by atoms with Crippen LogP contribution in [-0.2, 0) is 16.0 Å². The van der Waals surface area contributed by atoms with Gasteiger partial charge in [-0.25, -0.2) is 14.4 Å². The fourth-order valence-electron chi connectivity index (χ4n) is 4.45. The molecule has 4 aromatic carbocycles. The highest BCUT2D eigenvalue weighted by Crippen LogP contribution is 2.28. The van der Waals surface area contributed by atoms with Crippen molar-refractivity contribution < 1.29 is 38.1 Å². The number of allylic oxidation sites excluding steroid dienone is 1. The summed E-state index contributed by atoms with van der Waals surface area (Å²) < 4.78 is 22.2. The molecule has 0 aliphatic rings. The quantitative estimate of drug-likeness (QED) is 0.0589. The van der Waals surface area contributed by atoms with Gasteiger partial charge in [0.2, 0.25) is 0 Å². The SMILES string of the molecule is C=CC(=O)CCCCCOc1ccc(C(=O)Oc2ccc(OC(=O)c3ccc4cc(OC(=O)C=C)ccc4c3)c(CC)c2)cc1. The van der Waals surface area contributed by atoms with E-state index in [0.29, 0.717) is 59.1 Å². The van der Waals surface area contributed by atoms with E-state index in [2.05, 4.69) is 13.2 Å². The molecule has 0 bridgehead atoms. The molecule has 0 saturated carbocycles. The fourth-order valence-corrected chi connectivity index (χ4v) is 4.45. The molecule has 0 radical (unpaired) electrons. The molecule has 0 fully saturated rings. The average molecular weight is 607 g/mol. The Morgan fingerprint density at radius 1 is 0.644 bits per heavy atom. The van der Waals surface area contributed by atoms with E-state index in [-0.39, 0.29) is 5.78 Å². The van der Waals surface area contributed by atoms with Crippen molar-refractivity contribution in [3.05, 3.63) is 121 Å². The maximum Gasteiger partial charge on any atom is 0.343 e. The molecular formula is C37H34O8. The third-order valence-electron chi connectivity index (χ3n) is 6.91. The van der Waals surface area contributed by atoms with Crippen molar-refractivity contribution in [2.45, 2.75) is 39.0 Å². The molecule has 45 heavy (non-hydrogen) atoms. The highest BCUT2D eigenvalue weighted by atomic mass is 16.5. The van der Waals surface area contributed by atoms with Crippen molar-refractivity contribution in [1.82, 2.24) is 0 Å². The van der Waals surface area contributed by atoms with E-state index >= 15 is 0 Å². The van der Waals surface area contributed by atoms with E-state index in [1.807, 2.05) is 6.92 Å². The number of carbonyl (C=O) groups excluding carboxylic acids is 4. The van der Waals surface area contributed by atoms with E-state index in [4.69, 9.17) is 18.9 Å². The van der Waals surface area contributed by atoms with Gasteiger partial charge >= 0.3 is 17.9 Å². The number of hydrogen-bond acceptors (Lipinski definition) is 8. The zero-order valence-electron chi connectivity index (χ0n) is 25.1. The fraction of sp³-hybridized carbons (Fsp3) is 0.189. The molecule has 0 heterocycles. The summed E-state index contributed by atoms with van der Waals surface area (Å²) in [6.07, 6.45) is 5.96. The molecule has 8 heteroatoms. The number of rotatable bonds is 15. The monoisotopic (exact) mass is 606 g/mol. The van der Waals surface area contributed by atoms with Crippen molar-refractivity contribution in [2.24, 2.45) is 0 Å². The van der Waals surface area contributed by atoms with Crippen molar-refractivity contribution in [3.8, 4) is 23.0 Å². The van der Waals surface area contributed by atoms with Gasteiger partial charge in [-0.3, -0.25) is 4.79 Å². The van der Waals surface area contributed by atoms with Gasteiger partial charge in [0.25, 0.3) is 0 Å². The first-order chi connectivity index (χ1) is 21.8. The van der Waals surface area contributed by atoms with Gasteiger partial charge in [0.1, 0.15) is 23.0 Å². The Balaban J connectivity index is 1.32. The number of benzene rings is 4. The number of fused-ring (bicyclic) bond motifs is 1. The maximum absolute atomic E-state index is 13.0. The largest absolute Gasteiger partial charge is 0.494 e. The van der Waals surface area contributed by atoms with Crippen LogP contribution in [-0.4, -0.2) is 30.3 Å². The van der Waals surface area contributed by atoms with Crippen LogP contribution in [0.4, 0.5) is 0 Å². The van der Waals surface area contributed by atoms with Crippen molar-refractivity contribution >= 4 is 34.5 Å². The molecule has 230 valence electrons. The molecule has 4 aromatic rings. The molecule has 0 atom stereocenters. The number of esters is 3. The van der Waals surface area contributed by atoms with Crippen LogP contribution in [0.1, 0.15) is 58.9 Å². The summed E-state index contributed by atoms with van der Waals surface area (Å²) in [4.78, 5) is 48.5. The van der Waals surface area contributed by atoms with Gasteiger partial charge in [-0.1, -0.05) is 32.2 Å². The van der Waals surface area contributed by atoms with Crippen LogP contribution >= 0.6 is 0 Å². The predicted molar refractivity (Wildman–Crippen MR) is 171 cm³/mol. The molecule has 0 aliphatic carbocycles. The average Bonchev–Trinajstić information content (AvgIpc) is 3.06. The van der Waals surface area contributed by atoms with Gasteiger partial charge in [0.15, 0.2) is 5.78 Å². The zero-order valence-corrected chi connectivity index (χ0v) is 25.1. The Morgan fingerprint density at radius 2 is 1.29 bits per heavy atom. The van der Waals surface area contributed by atoms with Crippen LogP contribution in [0.3, 0.4) is 0 Å². The first-order valence-corrected chi connectivity index (χ1v) is 14.6. The van der Waals surface area contributed by atoms with Crippen LogP contribution in [0.25, 0.3) is 10.8 Å². The molecule has 0 unspecified atom stereocenters. The maximum atomic E-state index is 13.0. The topological polar surface area (TPSA) is 105 Å². The number of hydrogen-bond donors (Lipinski definition) is 0. The van der Waals surface area contributed by atoms with E-state index in [1.165, 1.54) is 6.08 Å². The second kappa shape index (κ2) is 15.8. The predicted octanol–water partition coefficient (Wildman–Crippen LogP) is 7.63. The molecular weight excluding hydrogens is 572 g/mol. The molecule has 0 saturated heterocycles. The molecule has 8 nitrogen and oxygen atoms in total. The zero-order chi connectivity index (χ0) is 32.2. The molecule has 0 N–H and O–H groups in total. The first-order valence-electron chi connectivity index (χ1n) is 14.6. The second-order valence-corrected chi connectivity index (χ2v) is 10.1. The van der Waals surface area contributed by atoms with Gasteiger partial charge in [0.05, 0.1) is 17.7 Å². The Kier molecular flexibility index (Phi) is 11.4. The Hall–Kier alpha value is -5.50. The normalized spacial score (nSPS) is 10.5. The lowest BCUT2D eigenvalue weighted by atomic mass is 10.1. The smallest absolute Gasteiger partial charge is 0.343 e. The highest BCUT2D eigenvalue weighted by molar-refractivity contribution is 5.97.